The molecule has 0 radical (unpaired) electrons. The molecule has 0 saturated heterocycles. The van der Waals surface area contributed by atoms with Gasteiger partial charge in [-0.05, 0) is 55.6 Å². The van der Waals surface area contributed by atoms with Crippen LogP contribution in [0, 0.1) is 13.8 Å². The molecule has 0 aliphatic rings. The first-order chi connectivity index (χ1) is 9.13. The summed E-state index contributed by atoms with van der Waals surface area (Å²) in [6, 6.07) is 15.0. The SMILES string of the molecule is Cc1ccccc1N(C)c1ccc(CCN)cc1C. The van der Waals surface area contributed by atoms with Crippen LogP contribution in [0.4, 0.5) is 11.4 Å². The van der Waals surface area contributed by atoms with Gasteiger partial charge < -0.3 is 10.6 Å². The molecule has 0 atom stereocenters. The molecule has 0 bridgehead atoms. The maximum absolute atomic E-state index is 5.61. The molecule has 2 nitrogen and oxygen atoms in total. The summed E-state index contributed by atoms with van der Waals surface area (Å²) in [5.41, 5.74) is 12.0. The molecule has 0 heterocycles. The molecule has 19 heavy (non-hydrogen) atoms. The molecule has 0 aliphatic carbocycles. The third-order valence-corrected chi connectivity index (χ3v) is 3.53. The Labute approximate surface area is 115 Å². The Bertz CT molecular complexity index is 561. The monoisotopic (exact) mass is 254 g/mol. The van der Waals surface area contributed by atoms with Crippen LogP contribution in [-0.2, 0) is 6.42 Å². The van der Waals surface area contributed by atoms with Gasteiger partial charge in [0.2, 0.25) is 0 Å². The first-order valence-electron chi connectivity index (χ1n) is 6.72. The van der Waals surface area contributed by atoms with Crippen LogP contribution >= 0.6 is 0 Å². The lowest BCUT2D eigenvalue weighted by atomic mass is 10.1. The Morgan fingerprint density at radius 3 is 2.26 bits per heavy atom. The lowest BCUT2D eigenvalue weighted by molar-refractivity contribution is 0.965. The zero-order chi connectivity index (χ0) is 13.8. The molecule has 0 spiro atoms. The van der Waals surface area contributed by atoms with Gasteiger partial charge in [-0.1, -0.05) is 30.3 Å². The second kappa shape index (κ2) is 5.89. The number of nitrogens with two attached hydrogens (primary N) is 1. The maximum atomic E-state index is 5.61. The maximum Gasteiger partial charge on any atom is 0.0438 e. The zero-order valence-electron chi connectivity index (χ0n) is 12.0. The van der Waals surface area contributed by atoms with Crippen molar-refractivity contribution >= 4 is 11.4 Å². The molecule has 2 N–H and O–H groups in total. The number of aryl methyl sites for hydroxylation is 2. The Hall–Kier alpha value is -1.80. The van der Waals surface area contributed by atoms with Crippen molar-refractivity contribution in [2.45, 2.75) is 20.3 Å². The number of hydrogen-bond acceptors (Lipinski definition) is 2. The molecule has 100 valence electrons. The summed E-state index contributed by atoms with van der Waals surface area (Å²) < 4.78 is 0. The van der Waals surface area contributed by atoms with Gasteiger partial charge in [0.15, 0.2) is 0 Å². The zero-order valence-corrected chi connectivity index (χ0v) is 12.0. The summed E-state index contributed by atoms with van der Waals surface area (Å²) >= 11 is 0. The van der Waals surface area contributed by atoms with Crippen molar-refractivity contribution < 1.29 is 0 Å². The number of benzene rings is 2. The van der Waals surface area contributed by atoms with E-state index in [-0.39, 0.29) is 0 Å². The molecule has 2 aromatic carbocycles. The fourth-order valence-corrected chi connectivity index (χ4v) is 2.49. The highest BCUT2D eigenvalue weighted by Gasteiger charge is 2.09. The third-order valence-electron chi connectivity index (χ3n) is 3.53. The normalized spacial score (nSPS) is 10.5. The van der Waals surface area contributed by atoms with Crippen LogP contribution in [0.5, 0.6) is 0 Å². The van der Waals surface area contributed by atoms with Crippen LogP contribution in [0.1, 0.15) is 16.7 Å². The van der Waals surface area contributed by atoms with E-state index in [4.69, 9.17) is 5.73 Å². The van der Waals surface area contributed by atoms with E-state index in [1.54, 1.807) is 0 Å². The second-order valence-corrected chi connectivity index (χ2v) is 5.01. The smallest absolute Gasteiger partial charge is 0.0438 e. The topological polar surface area (TPSA) is 29.3 Å². The molecule has 2 aromatic rings. The van der Waals surface area contributed by atoms with Gasteiger partial charge in [-0.2, -0.15) is 0 Å². The summed E-state index contributed by atoms with van der Waals surface area (Å²) in [7, 11) is 2.12. The van der Waals surface area contributed by atoms with Crippen molar-refractivity contribution in [3.63, 3.8) is 0 Å². The molecule has 0 saturated carbocycles. The second-order valence-electron chi connectivity index (χ2n) is 5.01. The van der Waals surface area contributed by atoms with Crippen molar-refractivity contribution in [3.8, 4) is 0 Å². The van der Waals surface area contributed by atoms with E-state index in [0.29, 0.717) is 6.54 Å². The molecule has 2 heteroatoms. The van der Waals surface area contributed by atoms with Gasteiger partial charge in [0.05, 0.1) is 0 Å². The fraction of sp³-hybridized carbons (Fsp3) is 0.294. The Morgan fingerprint density at radius 1 is 0.947 bits per heavy atom. The minimum atomic E-state index is 0.701. The fourth-order valence-electron chi connectivity index (χ4n) is 2.49. The highest BCUT2D eigenvalue weighted by atomic mass is 15.1. The van der Waals surface area contributed by atoms with Crippen LogP contribution in [0.25, 0.3) is 0 Å². The molecule has 0 amide bonds. The first kappa shape index (κ1) is 13.6. The average molecular weight is 254 g/mol. The van der Waals surface area contributed by atoms with Gasteiger partial charge in [0.1, 0.15) is 0 Å². The molecule has 2 rings (SSSR count). The Kier molecular flexibility index (Phi) is 4.23. The molecule has 0 aromatic heterocycles. The highest BCUT2D eigenvalue weighted by molar-refractivity contribution is 5.68. The molecule has 0 fully saturated rings. The van der Waals surface area contributed by atoms with Crippen molar-refractivity contribution in [1.29, 1.82) is 0 Å². The van der Waals surface area contributed by atoms with Gasteiger partial charge in [0.25, 0.3) is 0 Å². The summed E-state index contributed by atoms with van der Waals surface area (Å²) in [6.45, 7) is 5.00. The van der Waals surface area contributed by atoms with Crippen LogP contribution in [0.15, 0.2) is 42.5 Å². The first-order valence-corrected chi connectivity index (χ1v) is 6.72. The number of rotatable bonds is 4. The van der Waals surface area contributed by atoms with Crippen molar-refractivity contribution in [3.05, 3.63) is 59.2 Å². The van der Waals surface area contributed by atoms with E-state index in [2.05, 4.69) is 68.3 Å². The van der Waals surface area contributed by atoms with E-state index in [1.807, 2.05) is 0 Å². The van der Waals surface area contributed by atoms with Crippen LogP contribution < -0.4 is 10.6 Å². The summed E-state index contributed by atoms with van der Waals surface area (Å²) in [5, 5.41) is 0. The van der Waals surface area contributed by atoms with E-state index in [0.717, 1.165) is 6.42 Å². The predicted molar refractivity (Wildman–Crippen MR) is 83.2 cm³/mol. The van der Waals surface area contributed by atoms with E-state index >= 15 is 0 Å². The van der Waals surface area contributed by atoms with E-state index < -0.39 is 0 Å². The van der Waals surface area contributed by atoms with Crippen LogP contribution in [0.3, 0.4) is 0 Å². The van der Waals surface area contributed by atoms with Crippen molar-refractivity contribution in [2.24, 2.45) is 5.73 Å². The largest absolute Gasteiger partial charge is 0.344 e. The minimum Gasteiger partial charge on any atom is -0.344 e. The quantitative estimate of drug-likeness (QED) is 0.903. The van der Waals surface area contributed by atoms with Gasteiger partial charge in [0, 0.05) is 18.4 Å². The molecule has 0 unspecified atom stereocenters. The Balaban J connectivity index is 2.34. The number of anilines is 2. The van der Waals surface area contributed by atoms with Crippen molar-refractivity contribution in [2.75, 3.05) is 18.5 Å². The number of nitrogens with zero attached hydrogens (tertiary/aromatic N) is 1. The highest BCUT2D eigenvalue weighted by Crippen LogP contribution is 2.29. The molecule has 0 aliphatic heterocycles. The standard InChI is InChI=1S/C17H22N2/c1-13-6-4-5-7-16(13)19(3)17-9-8-15(10-11-18)12-14(17)2/h4-9,12H,10-11,18H2,1-3H3. The summed E-state index contributed by atoms with van der Waals surface area (Å²) in [6.07, 6.45) is 0.940. The van der Waals surface area contributed by atoms with Crippen LogP contribution in [0.2, 0.25) is 0 Å². The molecular formula is C17H22N2. The van der Waals surface area contributed by atoms with Crippen LogP contribution in [-0.4, -0.2) is 13.6 Å². The van der Waals surface area contributed by atoms with Gasteiger partial charge in [-0.3, -0.25) is 0 Å². The minimum absolute atomic E-state index is 0.701. The third kappa shape index (κ3) is 2.96. The predicted octanol–water partition coefficient (Wildman–Crippen LogP) is 3.57. The molecular weight excluding hydrogens is 232 g/mol. The average Bonchev–Trinajstić information content (AvgIpc) is 2.39. The van der Waals surface area contributed by atoms with Gasteiger partial charge in [-0.15, -0.1) is 0 Å². The summed E-state index contributed by atoms with van der Waals surface area (Å²) in [4.78, 5) is 2.25. The lowest BCUT2D eigenvalue weighted by Gasteiger charge is -2.24. The summed E-state index contributed by atoms with van der Waals surface area (Å²) in [5.74, 6) is 0. The number of para-hydroxylation sites is 1. The lowest BCUT2D eigenvalue weighted by Crippen LogP contribution is -2.12. The Morgan fingerprint density at radius 2 is 1.63 bits per heavy atom. The van der Waals surface area contributed by atoms with Crippen molar-refractivity contribution in [1.82, 2.24) is 0 Å². The van der Waals surface area contributed by atoms with E-state index in [1.165, 1.54) is 28.1 Å². The van der Waals surface area contributed by atoms with Gasteiger partial charge in [-0.25, -0.2) is 0 Å². The number of hydrogen-bond donors (Lipinski definition) is 1. The van der Waals surface area contributed by atoms with Gasteiger partial charge >= 0.3 is 0 Å². The van der Waals surface area contributed by atoms with E-state index in [9.17, 15) is 0 Å².